The molecule has 200 valence electrons. The first-order chi connectivity index (χ1) is 19.0. The zero-order valence-electron chi connectivity index (χ0n) is 22.0. The summed E-state index contributed by atoms with van der Waals surface area (Å²) in [5.41, 5.74) is 5.39. The Hall–Kier alpha value is -3.55. The number of nitrogens with zero attached hydrogens (tertiary/aromatic N) is 2. The zero-order valence-corrected chi connectivity index (χ0v) is 22.8. The number of phenols is 1. The fraction of sp³-hybridized carbons (Fsp3) is 0.344. The second kappa shape index (κ2) is 10.9. The van der Waals surface area contributed by atoms with Gasteiger partial charge in [0.15, 0.2) is 0 Å². The predicted molar refractivity (Wildman–Crippen MR) is 151 cm³/mol. The van der Waals surface area contributed by atoms with Crippen LogP contribution in [0.15, 0.2) is 77.3 Å². The number of allylic oxidation sites excluding steroid dienone is 2. The summed E-state index contributed by atoms with van der Waals surface area (Å²) in [5.74, 6) is -0.493. The van der Waals surface area contributed by atoms with E-state index in [1.165, 1.54) is 16.0 Å². The Bertz CT molecular complexity index is 1430. The average Bonchev–Trinajstić information content (AvgIpc) is 3.67. The molecule has 0 spiro atoms. The minimum atomic E-state index is -0.328. The Labute approximate surface area is 232 Å². The second-order valence-electron chi connectivity index (χ2n) is 10.5. The van der Waals surface area contributed by atoms with E-state index in [0.717, 1.165) is 41.0 Å². The van der Waals surface area contributed by atoms with Gasteiger partial charge in [-0.25, -0.2) is 0 Å². The number of benzene rings is 1. The van der Waals surface area contributed by atoms with Crippen LogP contribution in [-0.4, -0.2) is 39.5 Å². The number of aromatic nitrogens is 1. The first-order valence-electron chi connectivity index (χ1n) is 13.7. The maximum Gasteiger partial charge on any atom is 0.234 e. The van der Waals surface area contributed by atoms with Gasteiger partial charge in [-0.3, -0.25) is 19.5 Å². The van der Waals surface area contributed by atoms with E-state index < -0.39 is 0 Å². The molecule has 7 heteroatoms. The van der Waals surface area contributed by atoms with E-state index in [-0.39, 0.29) is 41.4 Å². The van der Waals surface area contributed by atoms with E-state index in [1.807, 2.05) is 47.8 Å². The number of amides is 2. The topological polar surface area (TPSA) is 79.7 Å². The second-order valence-corrected chi connectivity index (χ2v) is 11.6. The Morgan fingerprint density at radius 1 is 1.13 bits per heavy atom. The Kier molecular flexibility index (Phi) is 7.19. The molecule has 2 aromatic heterocycles. The number of phenolic OH excluding ortho intramolecular Hbond substituents is 1. The van der Waals surface area contributed by atoms with Gasteiger partial charge in [-0.2, -0.15) is 0 Å². The molecule has 0 unspecified atom stereocenters. The van der Waals surface area contributed by atoms with E-state index in [0.29, 0.717) is 19.6 Å². The number of aromatic hydroxyl groups is 1. The highest BCUT2D eigenvalue weighted by Crippen LogP contribution is 2.51. The van der Waals surface area contributed by atoms with E-state index >= 15 is 0 Å². The van der Waals surface area contributed by atoms with Gasteiger partial charge in [0.25, 0.3) is 0 Å². The predicted octanol–water partition coefficient (Wildman–Crippen LogP) is 6.10. The van der Waals surface area contributed by atoms with Crippen molar-refractivity contribution in [3.63, 3.8) is 0 Å². The molecule has 39 heavy (non-hydrogen) atoms. The van der Waals surface area contributed by atoms with Crippen LogP contribution < -0.4 is 0 Å². The van der Waals surface area contributed by atoms with Gasteiger partial charge in [0.1, 0.15) is 5.75 Å². The van der Waals surface area contributed by atoms with Crippen LogP contribution >= 0.6 is 11.3 Å². The molecular formula is C32H32N2O4S. The van der Waals surface area contributed by atoms with Gasteiger partial charge in [0.05, 0.1) is 36.8 Å². The van der Waals surface area contributed by atoms with Gasteiger partial charge in [-0.1, -0.05) is 36.8 Å². The van der Waals surface area contributed by atoms with Gasteiger partial charge in [0.2, 0.25) is 11.8 Å². The molecule has 2 saturated heterocycles. The molecule has 1 N–H and O–H groups in total. The molecule has 4 heterocycles. The van der Waals surface area contributed by atoms with Crippen molar-refractivity contribution >= 4 is 34.8 Å². The number of carbonyl (C=O) groups excluding carboxylic acids is 2. The van der Waals surface area contributed by atoms with Crippen molar-refractivity contribution in [3.8, 4) is 5.75 Å². The molecule has 0 radical (unpaired) electrons. The normalized spacial score (nSPS) is 24.8. The first kappa shape index (κ1) is 25.7. The summed E-state index contributed by atoms with van der Waals surface area (Å²) < 4.78 is 6.40. The monoisotopic (exact) mass is 540 g/mol. The van der Waals surface area contributed by atoms with Crippen molar-refractivity contribution in [2.24, 2.45) is 17.8 Å². The van der Waals surface area contributed by atoms with Crippen LogP contribution in [0.25, 0.3) is 11.6 Å². The summed E-state index contributed by atoms with van der Waals surface area (Å²) in [4.78, 5) is 34.1. The van der Waals surface area contributed by atoms with Crippen molar-refractivity contribution in [1.29, 1.82) is 0 Å². The summed E-state index contributed by atoms with van der Waals surface area (Å²) in [7, 11) is 0. The van der Waals surface area contributed by atoms with Crippen molar-refractivity contribution in [1.82, 2.24) is 9.88 Å². The van der Waals surface area contributed by atoms with Crippen LogP contribution in [-0.2, 0) is 20.9 Å². The van der Waals surface area contributed by atoms with Gasteiger partial charge in [-0.15, -0.1) is 11.3 Å². The van der Waals surface area contributed by atoms with Crippen LogP contribution in [0.3, 0.4) is 0 Å². The summed E-state index contributed by atoms with van der Waals surface area (Å²) >= 11 is 1.58. The smallest absolute Gasteiger partial charge is 0.234 e. The highest BCUT2D eigenvalue weighted by Gasteiger charge is 2.56. The fourth-order valence-electron chi connectivity index (χ4n) is 6.52. The van der Waals surface area contributed by atoms with Gasteiger partial charge in [0, 0.05) is 17.0 Å². The van der Waals surface area contributed by atoms with Gasteiger partial charge >= 0.3 is 0 Å². The van der Waals surface area contributed by atoms with Crippen LogP contribution in [0.4, 0.5) is 0 Å². The van der Waals surface area contributed by atoms with Gasteiger partial charge in [-0.05, 0) is 84.2 Å². The van der Waals surface area contributed by atoms with Crippen molar-refractivity contribution in [3.05, 3.63) is 93.5 Å². The average molecular weight is 541 g/mol. The summed E-state index contributed by atoms with van der Waals surface area (Å²) in [6, 6.07) is 17.0. The molecule has 2 aliphatic heterocycles. The molecule has 1 aromatic carbocycles. The SMILES string of the molecule is CCC1=C2[C@@H](CC/C(=C/c3cccc(O)c3)c3ccccn3)OC[C@@H]2[C@@H]2C(=O)N(Cc3cccs3)C(=O)[C@@H]2C1. The van der Waals surface area contributed by atoms with Crippen molar-refractivity contribution in [2.45, 2.75) is 45.3 Å². The lowest BCUT2D eigenvalue weighted by Gasteiger charge is -2.31. The van der Waals surface area contributed by atoms with Crippen molar-refractivity contribution in [2.75, 3.05) is 6.61 Å². The third-order valence-electron chi connectivity index (χ3n) is 8.30. The number of imide groups is 1. The molecular weight excluding hydrogens is 508 g/mol. The highest BCUT2D eigenvalue weighted by atomic mass is 32.1. The summed E-state index contributed by atoms with van der Waals surface area (Å²) in [6.07, 6.45) is 6.76. The molecule has 1 aliphatic carbocycles. The van der Waals surface area contributed by atoms with Crippen molar-refractivity contribution < 1.29 is 19.4 Å². The number of ether oxygens (including phenoxy) is 1. The van der Waals surface area contributed by atoms with E-state index in [9.17, 15) is 14.7 Å². The number of hydrogen-bond donors (Lipinski definition) is 1. The van der Waals surface area contributed by atoms with Crippen LogP contribution in [0.1, 0.15) is 48.7 Å². The standard InChI is InChI=1S/C32H32N2O4S/c1-2-21-17-25-30(32(37)34(31(25)36)18-24-9-6-14-39-24)26-19-38-28(29(21)26)12-11-22(27-10-3-4-13-33-27)15-20-7-5-8-23(35)16-20/h3-10,13-16,25-26,28,30,35H,2,11-12,17-19H2,1H3/b22-15-/t25-,26+,28-,30-/m1/s1. The third-order valence-corrected chi connectivity index (χ3v) is 9.16. The van der Waals surface area contributed by atoms with E-state index in [1.54, 1.807) is 29.7 Å². The molecule has 3 aliphatic rings. The number of hydrogen-bond acceptors (Lipinski definition) is 6. The first-order valence-corrected chi connectivity index (χ1v) is 14.5. The fourth-order valence-corrected chi connectivity index (χ4v) is 7.21. The Balaban J connectivity index is 1.24. The molecule has 0 saturated carbocycles. The molecule has 3 aromatic rings. The molecule has 4 atom stereocenters. The minimum absolute atomic E-state index is 0.0293. The number of likely N-dealkylation sites (tertiary alicyclic amines) is 1. The number of rotatable bonds is 8. The van der Waals surface area contributed by atoms with Crippen LogP contribution in [0, 0.1) is 17.8 Å². The largest absolute Gasteiger partial charge is 0.508 e. The maximum atomic E-state index is 13.6. The molecule has 2 fully saturated rings. The quantitative estimate of drug-likeness (QED) is 0.276. The van der Waals surface area contributed by atoms with Crippen LogP contribution in [0.5, 0.6) is 5.75 Å². The molecule has 2 amide bonds. The maximum absolute atomic E-state index is 13.6. The molecule has 0 bridgehead atoms. The number of pyridine rings is 1. The Morgan fingerprint density at radius 2 is 2.03 bits per heavy atom. The molecule has 6 nitrogen and oxygen atoms in total. The lowest BCUT2D eigenvalue weighted by atomic mass is 9.69. The summed E-state index contributed by atoms with van der Waals surface area (Å²) in [5, 5.41) is 11.9. The highest BCUT2D eigenvalue weighted by molar-refractivity contribution is 7.09. The number of thiophene rings is 1. The lowest BCUT2D eigenvalue weighted by Crippen LogP contribution is -2.34. The van der Waals surface area contributed by atoms with Gasteiger partial charge < -0.3 is 9.84 Å². The van der Waals surface area contributed by atoms with Crippen LogP contribution in [0.2, 0.25) is 0 Å². The lowest BCUT2D eigenvalue weighted by molar-refractivity contribution is -0.140. The minimum Gasteiger partial charge on any atom is -0.508 e. The number of carbonyl (C=O) groups is 2. The third kappa shape index (κ3) is 4.97. The summed E-state index contributed by atoms with van der Waals surface area (Å²) in [6.45, 7) is 2.98. The zero-order chi connectivity index (χ0) is 26.9. The number of fused-ring (bicyclic) bond motifs is 3. The molecule has 6 rings (SSSR count). The van der Waals surface area contributed by atoms with E-state index in [2.05, 4.69) is 18.0 Å². The Morgan fingerprint density at radius 3 is 2.77 bits per heavy atom. The van der Waals surface area contributed by atoms with E-state index in [4.69, 9.17) is 4.74 Å².